The molecular weight excluding hydrogens is 579 g/mol. The van der Waals surface area contributed by atoms with Crippen molar-refractivity contribution in [3.63, 3.8) is 0 Å². The zero-order chi connectivity index (χ0) is 28.5. The summed E-state index contributed by atoms with van der Waals surface area (Å²) in [6.07, 6.45) is 3.72. The van der Waals surface area contributed by atoms with Crippen molar-refractivity contribution in [2.24, 2.45) is 5.92 Å². The smallest absolute Gasteiger partial charge is 0.238 e. The van der Waals surface area contributed by atoms with Gasteiger partial charge < -0.3 is 10.2 Å². The number of nitrogens with zero attached hydrogens (tertiary/aromatic N) is 1. The van der Waals surface area contributed by atoms with Gasteiger partial charge in [0, 0.05) is 28.0 Å². The minimum atomic E-state index is -1.45. The number of amides is 1. The minimum absolute atomic E-state index is 0.168. The van der Waals surface area contributed by atoms with Crippen molar-refractivity contribution in [1.82, 2.24) is 4.90 Å². The molecule has 0 aliphatic carbocycles. The third-order valence-corrected chi connectivity index (χ3v) is 9.33. The fourth-order valence-corrected chi connectivity index (χ4v) is 7.58. The fraction of sp³-hybridized carbons (Fsp3) is 0.121. The number of carbonyl (C=O) groups excluding carboxylic acids is 3. The van der Waals surface area contributed by atoms with Crippen molar-refractivity contribution in [2.75, 3.05) is 5.32 Å². The predicted octanol–water partition coefficient (Wildman–Crippen LogP) is 7.63. The predicted molar refractivity (Wildman–Crippen MR) is 161 cm³/mol. The Bertz CT molecular complexity index is 1820. The van der Waals surface area contributed by atoms with Crippen LogP contribution in [0.1, 0.15) is 43.4 Å². The average molecular weight is 600 g/mol. The number of anilines is 1. The second kappa shape index (κ2) is 9.59. The molecule has 4 atom stereocenters. The van der Waals surface area contributed by atoms with Gasteiger partial charge in [0.1, 0.15) is 11.5 Å². The van der Waals surface area contributed by atoms with Gasteiger partial charge >= 0.3 is 0 Å². The summed E-state index contributed by atoms with van der Waals surface area (Å²) in [5.41, 5.74) is 2.03. The van der Waals surface area contributed by atoms with Crippen LogP contribution >= 0.6 is 34.8 Å². The van der Waals surface area contributed by atoms with E-state index in [9.17, 15) is 14.4 Å². The Labute approximate surface area is 251 Å². The van der Waals surface area contributed by atoms with Crippen LogP contribution in [0.15, 0.2) is 97.2 Å². The van der Waals surface area contributed by atoms with Crippen LogP contribution in [0.5, 0.6) is 0 Å². The molecule has 1 amide bonds. The highest BCUT2D eigenvalue weighted by Crippen LogP contribution is 2.62. The maximum absolute atomic E-state index is 14.8. The standard InChI is InChI=1S/C33H21Cl3N2O3/c34-19-13-14-22(25(36)17-19)30(40)28-27(29(39)21-9-3-5-11-24(21)35)33(23-10-4-6-12-26(23)37-32(33)41)31-20-8-2-1-7-18(20)15-16-38(28)31/h1-17,27-28,31H,(H,37,41). The number of rotatable bonds is 4. The highest BCUT2D eigenvalue weighted by molar-refractivity contribution is 6.37. The van der Waals surface area contributed by atoms with Crippen molar-refractivity contribution >= 4 is 64.0 Å². The number of hydrogen-bond donors (Lipinski definition) is 1. The van der Waals surface area contributed by atoms with Gasteiger partial charge in [-0.3, -0.25) is 14.4 Å². The number of halogens is 3. The molecule has 1 fully saturated rings. The number of para-hydroxylation sites is 1. The summed E-state index contributed by atoms with van der Waals surface area (Å²) in [6, 6.07) is 24.7. The van der Waals surface area contributed by atoms with E-state index in [-0.39, 0.29) is 32.9 Å². The largest absolute Gasteiger partial charge is 0.358 e. The van der Waals surface area contributed by atoms with Gasteiger partial charge in [-0.25, -0.2) is 0 Å². The van der Waals surface area contributed by atoms with Gasteiger partial charge in [-0.1, -0.05) is 89.4 Å². The van der Waals surface area contributed by atoms with Crippen molar-refractivity contribution < 1.29 is 14.4 Å². The molecule has 8 heteroatoms. The van der Waals surface area contributed by atoms with Gasteiger partial charge in [0.15, 0.2) is 11.6 Å². The summed E-state index contributed by atoms with van der Waals surface area (Å²) >= 11 is 19.3. The average Bonchev–Trinajstić information content (AvgIpc) is 3.45. The van der Waals surface area contributed by atoms with E-state index >= 15 is 0 Å². The van der Waals surface area contributed by atoms with Crippen LogP contribution in [0.3, 0.4) is 0 Å². The highest BCUT2D eigenvalue weighted by atomic mass is 35.5. The van der Waals surface area contributed by atoms with E-state index in [0.717, 1.165) is 11.1 Å². The fourth-order valence-electron chi connectivity index (χ4n) is 6.84. The maximum Gasteiger partial charge on any atom is 0.238 e. The molecule has 41 heavy (non-hydrogen) atoms. The summed E-state index contributed by atoms with van der Waals surface area (Å²) in [6.45, 7) is 0. The second-order valence-electron chi connectivity index (χ2n) is 10.4. The molecule has 0 aromatic heterocycles. The van der Waals surface area contributed by atoms with Gasteiger partial charge in [-0.15, -0.1) is 0 Å². The number of fused-ring (bicyclic) bond motifs is 6. The number of ketones is 2. The molecule has 4 aromatic rings. The molecule has 7 rings (SSSR count). The molecule has 3 aliphatic rings. The Morgan fingerprint density at radius 3 is 2.29 bits per heavy atom. The highest BCUT2D eigenvalue weighted by Gasteiger charge is 2.70. The molecule has 1 spiro atoms. The number of Topliss-reactive ketones (excluding diaryl/α,β-unsaturated/α-hetero) is 2. The van der Waals surface area contributed by atoms with Crippen molar-refractivity contribution in [3.8, 4) is 0 Å². The molecule has 202 valence electrons. The van der Waals surface area contributed by atoms with E-state index in [1.165, 1.54) is 6.07 Å². The molecule has 4 aromatic carbocycles. The maximum atomic E-state index is 14.8. The van der Waals surface area contributed by atoms with Gasteiger partial charge in [-0.05, 0) is 59.2 Å². The van der Waals surface area contributed by atoms with Crippen LogP contribution in [0.4, 0.5) is 5.69 Å². The molecule has 0 radical (unpaired) electrons. The molecule has 0 bridgehead atoms. The molecule has 3 aliphatic heterocycles. The topological polar surface area (TPSA) is 66.5 Å². The molecule has 4 unspecified atom stereocenters. The molecule has 1 saturated heterocycles. The molecular formula is C33H21Cl3N2O3. The number of nitrogens with one attached hydrogen (secondary N) is 1. The third-order valence-electron chi connectivity index (χ3n) is 8.46. The third kappa shape index (κ3) is 3.66. The quantitative estimate of drug-likeness (QED) is 0.245. The minimum Gasteiger partial charge on any atom is -0.358 e. The molecule has 1 N–H and O–H groups in total. The van der Waals surface area contributed by atoms with E-state index in [1.54, 1.807) is 36.4 Å². The molecule has 5 nitrogen and oxygen atoms in total. The zero-order valence-electron chi connectivity index (χ0n) is 21.4. The Kier molecular flexibility index (Phi) is 6.09. The Morgan fingerprint density at radius 1 is 0.780 bits per heavy atom. The van der Waals surface area contributed by atoms with E-state index in [2.05, 4.69) is 5.32 Å². The summed E-state index contributed by atoms with van der Waals surface area (Å²) < 4.78 is 0. The zero-order valence-corrected chi connectivity index (χ0v) is 23.6. The SMILES string of the molecule is O=C(c1ccc(Cl)cc1Cl)C1C(C(=O)c2ccccc2Cl)C2(C(=O)Nc3ccccc32)C2c3ccccc3C=CN12. The van der Waals surface area contributed by atoms with E-state index in [4.69, 9.17) is 34.8 Å². The van der Waals surface area contributed by atoms with Crippen molar-refractivity contribution in [2.45, 2.75) is 17.5 Å². The van der Waals surface area contributed by atoms with Crippen molar-refractivity contribution in [3.05, 3.63) is 140 Å². The van der Waals surface area contributed by atoms with Gasteiger partial charge in [0.25, 0.3) is 0 Å². The first-order chi connectivity index (χ1) is 19.8. The van der Waals surface area contributed by atoms with E-state index < -0.39 is 29.2 Å². The van der Waals surface area contributed by atoms with Gasteiger partial charge in [-0.2, -0.15) is 0 Å². The van der Waals surface area contributed by atoms with Crippen molar-refractivity contribution in [1.29, 1.82) is 0 Å². The number of carbonyl (C=O) groups is 3. The van der Waals surface area contributed by atoms with Gasteiger partial charge in [0.05, 0.1) is 22.0 Å². The summed E-state index contributed by atoms with van der Waals surface area (Å²) in [4.78, 5) is 45.7. The van der Waals surface area contributed by atoms with Crippen LogP contribution in [-0.4, -0.2) is 28.4 Å². The first-order valence-corrected chi connectivity index (χ1v) is 14.2. The lowest BCUT2D eigenvalue weighted by Crippen LogP contribution is -2.49. The van der Waals surface area contributed by atoms with Crippen LogP contribution < -0.4 is 5.32 Å². The summed E-state index contributed by atoms with van der Waals surface area (Å²) in [7, 11) is 0. The number of hydrogen-bond acceptors (Lipinski definition) is 4. The van der Waals surface area contributed by atoms with Crippen LogP contribution in [0, 0.1) is 5.92 Å². The summed E-state index contributed by atoms with van der Waals surface area (Å²) in [5.74, 6) is -2.28. The lowest BCUT2D eigenvalue weighted by molar-refractivity contribution is -0.122. The lowest BCUT2D eigenvalue weighted by Gasteiger charge is -2.38. The Morgan fingerprint density at radius 2 is 1.49 bits per heavy atom. The normalized spacial score (nSPS) is 23.6. The first kappa shape index (κ1) is 26.0. The van der Waals surface area contributed by atoms with Crippen LogP contribution in [0.25, 0.3) is 6.08 Å². The second-order valence-corrected chi connectivity index (χ2v) is 11.7. The first-order valence-electron chi connectivity index (χ1n) is 13.1. The van der Waals surface area contributed by atoms with Crippen LogP contribution in [0.2, 0.25) is 15.1 Å². The van der Waals surface area contributed by atoms with Gasteiger partial charge in [0.2, 0.25) is 5.91 Å². The Hall–Kier alpha value is -3.90. The van der Waals surface area contributed by atoms with Crippen LogP contribution in [-0.2, 0) is 10.2 Å². The molecule has 0 saturated carbocycles. The molecule has 3 heterocycles. The van der Waals surface area contributed by atoms with E-state index in [0.29, 0.717) is 16.3 Å². The number of benzene rings is 4. The summed E-state index contributed by atoms with van der Waals surface area (Å²) in [5, 5.41) is 3.83. The Balaban J connectivity index is 1.56. The lowest BCUT2D eigenvalue weighted by atomic mass is 9.62. The monoisotopic (exact) mass is 598 g/mol. The van der Waals surface area contributed by atoms with E-state index in [1.807, 2.05) is 65.7 Å².